The Labute approximate surface area is 176 Å². The van der Waals surface area contributed by atoms with Crippen LogP contribution in [-0.2, 0) is 19.7 Å². The van der Waals surface area contributed by atoms with Crippen LogP contribution >= 0.6 is 0 Å². The molecule has 0 saturated carbocycles. The van der Waals surface area contributed by atoms with Crippen molar-refractivity contribution < 1.29 is 26.4 Å². The van der Waals surface area contributed by atoms with Crippen molar-refractivity contribution in [2.24, 2.45) is 11.8 Å². The fourth-order valence-corrected chi connectivity index (χ4v) is 7.30. The highest BCUT2D eigenvalue weighted by Gasteiger charge is 2.29. The van der Waals surface area contributed by atoms with Crippen LogP contribution in [0.15, 0.2) is 24.3 Å². The molecular weight excluding hydrogens is 432 g/mol. The first-order valence-electron chi connectivity index (χ1n) is 9.71. The molecule has 0 bridgehead atoms. The Hall–Kier alpha value is -2.34. The van der Waals surface area contributed by atoms with E-state index in [2.05, 4.69) is 21.3 Å². The summed E-state index contributed by atoms with van der Waals surface area (Å²) in [5.41, 5.74) is 0.764. The number of hydrogen-bond donors (Lipinski definition) is 4. The highest BCUT2D eigenvalue weighted by molar-refractivity contribution is 7.91. The molecule has 2 fully saturated rings. The van der Waals surface area contributed by atoms with E-state index in [1.165, 1.54) is 0 Å². The molecule has 0 radical (unpaired) electrons. The van der Waals surface area contributed by atoms with Crippen molar-refractivity contribution in [1.82, 2.24) is 10.6 Å². The molecule has 2 heterocycles. The lowest BCUT2D eigenvalue weighted by Crippen LogP contribution is -2.35. The highest BCUT2D eigenvalue weighted by atomic mass is 32.2. The van der Waals surface area contributed by atoms with Crippen molar-refractivity contribution in [3.05, 3.63) is 24.3 Å². The highest BCUT2D eigenvalue weighted by Crippen LogP contribution is 2.22. The number of benzene rings is 1. The molecule has 2 saturated heterocycles. The van der Waals surface area contributed by atoms with Crippen LogP contribution in [0, 0.1) is 11.8 Å². The Morgan fingerprint density at radius 3 is 1.50 bits per heavy atom. The largest absolute Gasteiger partial charge is 0.338 e. The van der Waals surface area contributed by atoms with Crippen molar-refractivity contribution in [3.63, 3.8) is 0 Å². The number of urea groups is 2. The van der Waals surface area contributed by atoms with E-state index in [-0.39, 0.29) is 47.9 Å². The van der Waals surface area contributed by atoms with Crippen molar-refractivity contribution in [3.8, 4) is 0 Å². The van der Waals surface area contributed by atoms with Gasteiger partial charge >= 0.3 is 12.1 Å². The quantitative estimate of drug-likeness (QED) is 0.495. The minimum atomic E-state index is -3.00. The second kappa shape index (κ2) is 9.21. The second-order valence-electron chi connectivity index (χ2n) is 7.75. The van der Waals surface area contributed by atoms with E-state index in [1.54, 1.807) is 24.3 Å². The minimum absolute atomic E-state index is 0.0773. The zero-order chi connectivity index (χ0) is 21.8. The molecule has 0 aromatic heterocycles. The molecule has 4 amide bonds. The number of rotatable bonds is 6. The zero-order valence-corrected chi connectivity index (χ0v) is 18.0. The van der Waals surface area contributed by atoms with Gasteiger partial charge in [-0.3, -0.25) is 0 Å². The molecule has 10 nitrogen and oxygen atoms in total. The van der Waals surface area contributed by atoms with Gasteiger partial charge in [0.25, 0.3) is 0 Å². The van der Waals surface area contributed by atoms with Gasteiger partial charge in [-0.15, -0.1) is 0 Å². The van der Waals surface area contributed by atoms with Crippen molar-refractivity contribution in [1.29, 1.82) is 0 Å². The van der Waals surface area contributed by atoms with E-state index < -0.39 is 31.7 Å². The summed E-state index contributed by atoms with van der Waals surface area (Å²) in [5.74, 6) is 0.256. The third kappa shape index (κ3) is 6.59. The van der Waals surface area contributed by atoms with Gasteiger partial charge in [-0.05, 0) is 36.8 Å². The van der Waals surface area contributed by atoms with Crippen molar-refractivity contribution in [2.75, 3.05) is 46.7 Å². The van der Waals surface area contributed by atoms with Gasteiger partial charge in [-0.1, -0.05) is 12.1 Å². The summed E-state index contributed by atoms with van der Waals surface area (Å²) >= 11 is 0. The molecule has 2 aliphatic rings. The maximum Gasteiger partial charge on any atom is 0.319 e. The van der Waals surface area contributed by atoms with Gasteiger partial charge in [-0.25, -0.2) is 26.4 Å². The van der Waals surface area contributed by atoms with Crippen molar-refractivity contribution in [2.45, 2.75) is 12.8 Å². The summed E-state index contributed by atoms with van der Waals surface area (Å²) in [6.45, 7) is 0.511. The van der Waals surface area contributed by atoms with Crippen molar-refractivity contribution >= 4 is 43.1 Å². The lowest BCUT2D eigenvalue weighted by molar-refractivity contribution is 0.249. The SMILES string of the molecule is O=C(NCC1CCS(=O)(=O)C1)Nc1ccccc1NC(=O)NCC1CCS(=O)(=O)C1. The average molecular weight is 459 g/mol. The number of carbonyl (C=O) groups is 2. The monoisotopic (exact) mass is 458 g/mol. The molecule has 1 aromatic rings. The first kappa shape index (κ1) is 22.3. The molecule has 2 atom stereocenters. The van der Waals surface area contributed by atoms with E-state index in [4.69, 9.17) is 0 Å². The number of anilines is 2. The van der Waals surface area contributed by atoms with Gasteiger partial charge in [0.15, 0.2) is 19.7 Å². The lowest BCUT2D eigenvalue weighted by atomic mass is 10.1. The topological polar surface area (TPSA) is 151 Å². The van der Waals surface area contributed by atoms with Crippen LogP contribution in [0.5, 0.6) is 0 Å². The standard InChI is InChI=1S/C18H26N4O6S2/c23-17(19-9-13-5-7-29(25,26)11-13)21-15-3-1-2-4-16(15)22-18(24)20-10-14-6-8-30(27,28)12-14/h1-4,13-14H,5-12H2,(H2,19,21,23)(H2,20,22,24). The van der Waals surface area contributed by atoms with Crippen LogP contribution in [0.4, 0.5) is 21.0 Å². The van der Waals surface area contributed by atoms with E-state index in [9.17, 15) is 26.4 Å². The average Bonchev–Trinajstić information content (AvgIpc) is 3.20. The molecule has 30 heavy (non-hydrogen) atoms. The number of carbonyl (C=O) groups excluding carboxylic acids is 2. The van der Waals surface area contributed by atoms with Gasteiger partial charge in [-0.2, -0.15) is 0 Å². The van der Waals surface area contributed by atoms with Crippen LogP contribution in [0.3, 0.4) is 0 Å². The van der Waals surface area contributed by atoms with Gasteiger partial charge < -0.3 is 21.3 Å². The predicted molar refractivity (Wildman–Crippen MR) is 114 cm³/mol. The summed E-state index contributed by atoms with van der Waals surface area (Å²) < 4.78 is 46.0. The second-order valence-corrected chi connectivity index (χ2v) is 12.2. The molecule has 1 aromatic carbocycles. The first-order valence-corrected chi connectivity index (χ1v) is 13.4. The summed E-state index contributed by atoms with van der Waals surface area (Å²) in [4.78, 5) is 24.3. The molecule has 0 spiro atoms. The number of amides is 4. The molecule has 4 N–H and O–H groups in total. The fraction of sp³-hybridized carbons (Fsp3) is 0.556. The number of hydrogen-bond acceptors (Lipinski definition) is 6. The van der Waals surface area contributed by atoms with Gasteiger partial charge in [0.2, 0.25) is 0 Å². The van der Waals surface area contributed by atoms with Crippen LogP contribution in [0.25, 0.3) is 0 Å². The number of sulfone groups is 2. The number of para-hydroxylation sites is 2. The molecule has 3 rings (SSSR count). The predicted octanol–water partition coefficient (Wildman–Crippen LogP) is 0.799. The maximum absolute atomic E-state index is 12.2. The fourth-order valence-electron chi connectivity index (χ4n) is 3.57. The summed E-state index contributed by atoms with van der Waals surface area (Å²) in [6, 6.07) is 5.66. The van der Waals surface area contributed by atoms with Crippen LogP contribution in [-0.4, -0.2) is 65.0 Å². The molecular formula is C18H26N4O6S2. The smallest absolute Gasteiger partial charge is 0.319 e. The van der Waals surface area contributed by atoms with Crippen LogP contribution < -0.4 is 21.3 Å². The van der Waals surface area contributed by atoms with E-state index in [0.29, 0.717) is 24.2 Å². The van der Waals surface area contributed by atoms with Gasteiger partial charge in [0.1, 0.15) is 0 Å². The van der Waals surface area contributed by atoms with Crippen LogP contribution in [0.2, 0.25) is 0 Å². The molecule has 166 valence electrons. The van der Waals surface area contributed by atoms with E-state index in [0.717, 1.165) is 0 Å². The number of nitrogens with one attached hydrogen (secondary N) is 4. The summed E-state index contributed by atoms with van der Waals surface area (Å²) in [6.07, 6.45) is 1.06. The Bertz CT molecular complexity index is 928. The van der Waals surface area contributed by atoms with Gasteiger partial charge in [0.05, 0.1) is 34.4 Å². The zero-order valence-electron chi connectivity index (χ0n) is 16.4. The molecule has 12 heteroatoms. The normalized spacial score (nSPS) is 24.1. The van der Waals surface area contributed by atoms with Gasteiger partial charge in [0, 0.05) is 13.1 Å². The summed E-state index contributed by atoms with van der Waals surface area (Å²) in [7, 11) is -6.00. The van der Waals surface area contributed by atoms with E-state index in [1.807, 2.05) is 0 Å². The third-order valence-corrected chi connectivity index (χ3v) is 8.85. The Balaban J connectivity index is 1.47. The third-order valence-electron chi connectivity index (χ3n) is 5.18. The van der Waals surface area contributed by atoms with Crippen LogP contribution in [0.1, 0.15) is 12.8 Å². The Morgan fingerprint density at radius 1 is 0.767 bits per heavy atom. The molecule has 2 aliphatic heterocycles. The first-order chi connectivity index (χ1) is 14.1. The minimum Gasteiger partial charge on any atom is -0.338 e. The summed E-state index contributed by atoms with van der Waals surface area (Å²) in [5, 5.41) is 10.6. The Kier molecular flexibility index (Phi) is 6.86. The van der Waals surface area contributed by atoms with E-state index >= 15 is 0 Å². The maximum atomic E-state index is 12.2. The molecule has 0 aliphatic carbocycles. The lowest BCUT2D eigenvalue weighted by Gasteiger charge is -2.15. The molecule has 2 unspecified atom stereocenters. The Morgan fingerprint density at radius 2 is 1.17 bits per heavy atom.